The Hall–Kier alpha value is -0.740. The van der Waals surface area contributed by atoms with Crippen molar-refractivity contribution in [3.05, 3.63) is 22.2 Å². The van der Waals surface area contributed by atoms with Crippen molar-refractivity contribution >= 4 is 15.9 Å². The van der Waals surface area contributed by atoms with E-state index >= 15 is 0 Å². The van der Waals surface area contributed by atoms with Gasteiger partial charge < -0.3 is 15.2 Å². The van der Waals surface area contributed by atoms with E-state index in [-0.39, 0.29) is 6.10 Å². The van der Waals surface area contributed by atoms with E-state index in [1.165, 1.54) is 0 Å². The maximum absolute atomic E-state index is 6.19. The highest BCUT2D eigenvalue weighted by atomic mass is 79.9. The lowest BCUT2D eigenvalue weighted by molar-refractivity contribution is 0.223. The lowest BCUT2D eigenvalue weighted by Gasteiger charge is -2.26. The van der Waals surface area contributed by atoms with E-state index in [0.717, 1.165) is 10.0 Å². The molecule has 0 bridgehead atoms. The Kier molecular flexibility index (Phi) is 4.44. The summed E-state index contributed by atoms with van der Waals surface area (Å²) in [6.07, 6.45) is 0.0688. The molecule has 0 fully saturated rings. The van der Waals surface area contributed by atoms with Crippen molar-refractivity contribution in [2.24, 2.45) is 5.73 Å². The van der Waals surface area contributed by atoms with E-state index in [0.29, 0.717) is 11.5 Å². The quantitative estimate of drug-likeness (QED) is 0.926. The maximum atomic E-state index is 6.19. The Morgan fingerprint density at radius 2 is 1.88 bits per heavy atom. The Balaban J connectivity index is 3.42. The zero-order valence-corrected chi connectivity index (χ0v) is 12.6. The number of nitrogens with two attached hydrogens (primary N) is 1. The third-order valence-corrected chi connectivity index (χ3v) is 2.95. The number of benzene rings is 1. The van der Waals surface area contributed by atoms with Crippen molar-refractivity contribution < 1.29 is 9.47 Å². The van der Waals surface area contributed by atoms with Crippen molar-refractivity contribution in [3.63, 3.8) is 0 Å². The van der Waals surface area contributed by atoms with Gasteiger partial charge >= 0.3 is 0 Å². The molecule has 0 aliphatic carbocycles. The summed E-state index contributed by atoms with van der Waals surface area (Å²) in [5, 5.41) is 0. The highest BCUT2D eigenvalue weighted by Gasteiger charge is 2.26. The van der Waals surface area contributed by atoms with Gasteiger partial charge in [0, 0.05) is 15.6 Å². The largest absolute Gasteiger partial charge is 0.493 e. The molecule has 0 atom stereocenters. The zero-order chi connectivity index (χ0) is 13.2. The number of methoxy groups -OCH3 is 1. The molecule has 3 nitrogen and oxygen atoms in total. The van der Waals surface area contributed by atoms with Crippen molar-refractivity contribution in [3.8, 4) is 11.5 Å². The topological polar surface area (TPSA) is 44.5 Å². The summed E-state index contributed by atoms with van der Waals surface area (Å²) in [6, 6.07) is 3.80. The summed E-state index contributed by atoms with van der Waals surface area (Å²) in [7, 11) is 1.63. The van der Waals surface area contributed by atoms with Crippen LogP contribution in [-0.2, 0) is 5.54 Å². The standard InChI is InChI=1S/C13H20BrNO2/c1-8(2)17-12-10(16-5)7-6-9(14)11(12)13(3,4)15/h6-8H,15H2,1-5H3. The first kappa shape index (κ1) is 14.3. The zero-order valence-electron chi connectivity index (χ0n) is 11.0. The first-order valence-electron chi connectivity index (χ1n) is 5.60. The van der Waals surface area contributed by atoms with Crippen LogP contribution in [0, 0.1) is 0 Å². The minimum atomic E-state index is -0.502. The van der Waals surface area contributed by atoms with Gasteiger partial charge in [0.05, 0.1) is 13.2 Å². The van der Waals surface area contributed by atoms with Crippen LogP contribution in [0.3, 0.4) is 0 Å². The van der Waals surface area contributed by atoms with Crippen LogP contribution in [0.2, 0.25) is 0 Å². The lowest BCUT2D eigenvalue weighted by Crippen LogP contribution is -2.30. The molecular weight excluding hydrogens is 282 g/mol. The fraction of sp³-hybridized carbons (Fsp3) is 0.538. The van der Waals surface area contributed by atoms with Crippen LogP contribution in [0.4, 0.5) is 0 Å². The van der Waals surface area contributed by atoms with Gasteiger partial charge in [0.15, 0.2) is 11.5 Å². The summed E-state index contributed by atoms with van der Waals surface area (Å²) in [4.78, 5) is 0. The summed E-state index contributed by atoms with van der Waals surface area (Å²) in [5.74, 6) is 1.42. The molecule has 0 saturated carbocycles. The molecule has 0 aliphatic rings. The molecule has 0 aromatic heterocycles. The molecule has 0 saturated heterocycles. The van der Waals surface area contributed by atoms with Crippen LogP contribution in [-0.4, -0.2) is 13.2 Å². The highest BCUT2D eigenvalue weighted by Crippen LogP contribution is 2.41. The number of hydrogen-bond acceptors (Lipinski definition) is 3. The molecule has 0 unspecified atom stereocenters. The monoisotopic (exact) mass is 301 g/mol. The molecule has 17 heavy (non-hydrogen) atoms. The van der Waals surface area contributed by atoms with Crippen molar-refractivity contribution in [2.45, 2.75) is 39.3 Å². The Bertz CT molecular complexity index is 397. The third-order valence-electron chi connectivity index (χ3n) is 2.29. The average molecular weight is 302 g/mol. The fourth-order valence-electron chi connectivity index (χ4n) is 1.65. The van der Waals surface area contributed by atoms with Gasteiger partial charge in [-0.05, 0) is 39.8 Å². The summed E-state index contributed by atoms with van der Waals surface area (Å²) < 4.78 is 12.1. The number of ether oxygens (including phenoxy) is 2. The molecule has 0 heterocycles. The molecule has 1 aromatic rings. The van der Waals surface area contributed by atoms with Crippen molar-refractivity contribution in [1.82, 2.24) is 0 Å². The first-order valence-corrected chi connectivity index (χ1v) is 6.39. The predicted octanol–water partition coefficient (Wildman–Crippen LogP) is 3.44. The molecule has 1 aromatic carbocycles. The second-order valence-corrected chi connectivity index (χ2v) is 5.70. The second kappa shape index (κ2) is 5.27. The van der Waals surface area contributed by atoms with Gasteiger partial charge in [-0.15, -0.1) is 0 Å². The van der Waals surface area contributed by atoms with E-state index in [4.69, 9.17) is 15.2 Å². The summed E-state index contributed by atoms with van der Waals surface area (Å²) in [6.45, 7) is 7.85. The summed E-state index contributed by atoms with van der Waals surface area (Å²) >= 11 is 3.52. The molecule has 0 amide bonds. The summed E-state index contributed by atoms with van der Waals surface area (Å²) in [5.41, 5.74) is 6.61. The van der Waals surface area contributed by atoms with E-state index in [1.54, 1.807) is 7.11 Å². The van der Waals surface area contributed by atoms with Gasteiger partial charge in [0.2, 0.25) is 0 Å². The van der Waals surface area contributed by atoms with E-state index < -0.39 is 5.54 Å². The van der Waals surface area contributed by atoms with Crippen molar-refractivity contribution in [1.29, 1.82) is 0 Å². The van der Waals surface area contributed by atoms with E-state index in [9.17, 15) is 0 Å². The van der Waals surface area contributed by atoms with Crippen LogP contribution >= 0.6 is 15.9 Å². The van der Waals surface area contributed by atoms with E-state index in [2.05, 4.69) is 15.9 Å². The van der Waals surface area contributed by atoms with Gasteiger partial charge in [-0.2, -0.15) is 0 Å². The van der Waals surface area contributed by atoms with E-state index in [1.807, 2.05) is 39.8 Å². The fourth-order valence-corrected chi connectivity index (χ4v) is 2.48. The van der Waals surface area contributed by atoms with Crippen LogP contribution < -0.4 is 15.2 Å². The lowest BCUT2D eigenvalue weighted by atomic mass is 9.94. The van der Waals surface area contributed by atoms with Gasteiger partial charge in [-0.1, -0.05) is 15.9 Å². The van der Waals surface area contributed by atoms with Gasteiger partial charge in [0.25, 0.3) is 0 Å². The molecule has 4 heteroatoms. The number of rotatable bonds is 4. The SMILES string of the molecule is COc1ccc(Br)c(C(C)(C)N)c1OC(C)C. The van der Waals surface area contributed by atoms with Crippen LogP contribution in [0.15, 0.2) is 16.6 Å². The van der Waals surface area contributed by atoms with Gasteiger partial charge in [-0.3, -0.25) is 0 Å². The molecule has 1 rings (SSSR count). The van der Waals surface area contributed by atoms with Crippen LogP contribution in [0.25, 0.3) is 0 Å². The second-order valence-electron chi connectivity index (χ2n) is 4.84. The minimum absolute atomic E-state index is 0.0688. The molecule has 0 spiro atoms. The highest BCUT2D eigenvalue weighted by molar-refractivity contribution is 9.10. The van der Waals surface area contributed by atoms with Gasteiger partial charge in [-0.25, -0.2) is 0 Å². The minimum Gasteiger partial charge on any atom is -0.493 e. The third kappa shape index (κ3) is 3.36. The van der Waals surface area contributed by atoms with Crippen LogP contribution in [0.1, 0.15) is 33.3 Å². The Labute approximate surface area is 111 Å². The molecule has 0 aliphatic heterocycles. The smallest absolute Gasteiger partial charge is 0.167 e. The molecular formula is C13H20BrNO2. The van der Waals surface area contributed by atoms with Crippen LogP contribution in [0.5, 0.6) is 11.5 Å². The molecule has 0 radical (unpaired) electrons. The van der Waals surface area contributed by atoms with Gasteiger partial charge in [0.1, 0.15) is 0 Å². The predicted molar refractivity (Wildman–Crippen MR) is 73.7 cm³/mol. The molecule has 2 N–H and O–H groups in total. The Morgan fingerprint density at radius 3 is 2.29 bits per heavy atom. The first-order chi connectivity index (χ1) is 7.77. The maximum Gasteiger partial charge on any atom is 0.167 e. The Morgan fingerprint density at radius 1 is 1.29 bits per heavy atom. The van der Waals surface area contributed by atoms with Crippen molar-refractivity contribution in [2.75, 3.05) is 7.11 Å². The molecule has 96 valence electrons. The number of halogens is 1. The average Bonchev–Trinajstić information content (AvgIpc) is 2.15. The normalized spacial score (nSPS) is 11.8. The number of hydrogen-bond donors (Lipinski definition) is 1.